The van der Waals surface area contributed by atoms with Gasteiger partial charge in [0.1, 0.15) is 0 Å². The molecule has 0 aliphatic rings. The zero-order chi connectivity index (χ0) is 11.8. The van der Waals surface area contributed by atoms with E-state index in [1.807, 2.05) is 6.08 Å². The van der Waals surface area contributed by atoms with Gasteiger partial charge in [-0.05, 0) is 45.3 Å². The second kappa shape index (κ2) is 7.28. The van der Waals surface area contributed by atoms with E-state index in [1.165, 1.54) is 28.7 Å². The molecule has 0 aliphatic carbocycles. The minimum atomic E-state index is 1.12. The van der Waals surface area contributed by atoms with E-state index in [4.69, 9.17) is 0 Å². The Bertz CT molecular complexity index is 290. The first-order chi connectivity index (χ1) is 7.01. The molecule has 0 aromatic rings. The molecule has 0 amide bonds. The van der Waals surface area contributed by atoms with Gasteiger partial charge in [0.2, 0.25) is 0 Å². The number of hydrogen-bond acceptors (Lipinski definition) is 0. The Morgan fingerprint density at radius 2 is 1.53 bits per heavy atom. The van der Waals surface area contributed by atoms with Gasteiger partial charge in [-0.1, -0.05) is 49.3 Å². The number of rotatable bonds is 5. The van der Waals surface area contributed by atoms with E-state index in [9.17, 15) is 0 Å². The molecule has 0 rings (SSSR count). The first-order valence-electron chi connectivity index (χ1n) is 5.66. The molecule has 0 spiro atoms. The fraction of sp³-hybridized carbons (Fsp3) is 0.467. The second-order valence-corrected chi connectivity index (χ2v) is 4.38. The van der Waals surface area contributed by atoms with Gasteiger partial charge in [0.15, 0.2) is 0 Å². The smallest absolute Gasteiger partial charge is 0.0231 e. The third-order valence-electron chi connectivity index (χ3n) is 2.02. The fourth-order valence-electron chi connectivity index (χ4n) is 1.51. The second-order valence-electron chi connectivity index (χ2n) is 4.38. The van der Waals surface area contributed by atoms with Crippen molar-refractivity contribution in [1.29, 1.82) is 0 Å². The van der Waals surface area contributed by atoms with Crippen LogP contribution >= 0.6 is 0 Å². The minimum Gasteiger partial charge on any atom is -0.0985 e. The summed E-state index contributed by atoms with van der Waals surface area (Å²) in [7, 11) is 0. The molecule has 0 unspecified atom stereocenters. The Hall–Kier alpha value is -1.04. The molecular formula is C15H24. The molecule has 15 heavy (non-hydrogen) atoms. The van der Waals surface area contributed by atoms with Crippen LogP contribution in [0.15, 0.2) is 47.1 Å². The maximum Gasteiger partial charge on any atom is -0.0231 e. The van der Waals surface area contributed by atoms with Crippen LogP contribution in [0.25, 0.3) is 0 Å². The van der Waals surface area contributed by atoms with Gasteiger partial charge in [0.05, 0.1) is 0 Å². The molecule has 0 radical (unpaired) electrons. The van der Waals surface area contributed by atoms with Crippen molar-refractivity contribution in [3.05, 3.63) is 47.1 Å². The summed E-state index contributed by atoms with van der Waals surface area (Å²) in [5.74, 6) is 0. The van der Waals surface area contributed by atoms with E-state index in [-0.39, 0.29) is 0 Å². The lowest BCUT2D eigenvalue weighted by Gasteiger charge is -2.06. The van der Waals surface area contributed by atoms with Gasteiger partial charge in [-0.25, -0.2) is 0 Å². The summed E-state index contributed by atoms with van der Waals surface area (Å²) in [4.78, 5) is 0. The monoisotopic (exact) mass is 204 g/mol. The first-order valence-corrected chi connectivity index (χ1v) is 5.66. The van der Waals surface area contributed by atoms with Crippen LogP contribution in [0, 0.1) is 0 Å². The van der Waals surface area contributed by atoms with Gasteiger partial charge in [-0.2, -0.15) is 0 Å². The Labute approximate surface area is 95.1 Å². The van der Waals surface area contributed by atoms with Crippen LogP contribution in [0.4, 0.5) is 0 Å². The molecule has 0 heterocycles. The van der Waals surface area contributed by atoms with Crippen LogP contribution in [0.5, 0.6) is 0 Å². The lowest BCUT2D eigenvalue weighted by molar-refractivity contribution is 0.918. The molecule has 84 valence electrons. The lowest BCUT2D eigenvalue weighted by Crippen LogP contribution is -1.86. The molecular weight excluding hydrogens is 180 g/mol. The highest BCUT2D eigenvalue weighted by Crippen LogP contribution is 2.18. The van der Waals surface area contributed by atoms with Crippen molar-refractivity contribution < 1.29 is 0 Å². The first kappa shape index (κ1) is 14.0. The van der Waals surface area contributed by atoms with E-state index in [2.05, 4.69) is 53.3 Å². The molecule has 0 aliphatic heterocycles. The summed E-state index contributed by atoms with van der Waals surface area (Å²) in [6, 6.07) is 0. The Morgan fingerprint density at radius 3 is 1.87 bits per heavy atom. The molecule has 0 aromatic carbocycles. The standard InChI is InChI=1S/C15H24/c1-7-9-15(11-13(5)6)14(8-2)10-12(3)4/h8,10-11H,2,7,9H2,1,3-6H3/b15-14+. The topological polar surface area (TPSA) is 0 Å². The SMILES string of the molecule is C=C/C(C=C(C)C)=C(\C=C(C)C)CCC. The summed E-state index contributed by atoms with van der Waals surface area (Å²) < 4.78 is 0. The van der Waals surface area contributed by atoms with E-state index in [0.717, 1.165) is 6.42 Å². The summed E-state index contributed by atoms with van der Waals surface area (Å²) in [5, 5.41) is 0. The third kappa shape index (κ3) is 6.11. The molecule has 0 atom stereocenters. The lowest BCUT2D eigenvalue weighted by atomic mass is 10.00. The molecule has 0 fully saturated rings. The van der Waals surface area contributed by atoms with Gasteiger partial charge in [0, 0.05) is 0 Å². The predicted octanol–water partition coefficient (Wildman–Crippen LogP) is 5.20. The van der Waals surface area contributed by atoms with Crippen molar-refractivity contribution in [2.75, 3.05) is 0 Å². The van der Waals surface area contributed by atoms with Gasteiger partial charge < -0.3 is 0 Å². The Balaban J connectivity index is 5.27. The van der Waals surface area contributed by atoms with E-state index in [1.54, 1.807) is 0 Å². The number of allylic oxidation sites excluding steroid dienone is 7. The highest BCUT2D eigenvalue weighted by Gasteiger charge is 1.98. The highest BCUT2D eigenvalue weighted by atomic mass is 14.0. The molecule has 0 nitrogen and oxygen atoms in total. The average molecular weight is 204 g/mol. The van der Waals surface area contributed by atoms with Crippen molar-refractivity contribution in [2.45, 2.75) is 47.5 Å². The van der Waals surface area contributed by atoms with Gasteiger partial charge in [-0.15, -0.1) is 0 Å². The number of hydrogen-bond donors (Lipinski definition) is 0. The zero-order valence-corrected chi connectivity index (χ0v) is 10.9. The normalized spacial score (nSPS) is 11.5. The van der Waals surface area contributed by atoms with Crippen molar-refractivity contribution >= 4 is 0 Å². The largest absolute Gasteiger partial charge is 0.0985 e. The Morgan fingerprint density at radius 1 is 1.00 bits per heavy atom. The van der Waals surface area contributed by atoms with Crippen LogP contribution in [0.2, 0.25) is 0 Å². The van der Waals surface area contributed by atoms with Crippen molar-refractivity contribution in [2.24, 2.45) is 0 Å². The van der Waals surface area contributed by atoms with Crippen LogP contribution < -0.4 is 0 Å². The summed E-state index contributed by atoms with van der Waals surface area (Å²) in [6.45, 7) is 14.6. The van der Waals surface area contributed by atoms with Crippen LogP contribution in [0.1, 0.15) is 47.5 Å². The Kier molecular flexibility index (Phi) is 6.77. The van der Waals surface area contributed by atoms with Crippen LogP contribution in [0.3, 0.4) is 0 Å². The van der Waals surface area contributed by atoms with Crippen molar-refractivity contribution in [3.8, 4) is 0 Å². The maximum atomic E-state index is 3.89. The van der Waals surface area contributed by atoms with Crippen molar-refractivity contribution in [3.63, 3.8) is 0 Å². The average Bonchev–Trinajstić information content (AvgIpc) is 2.12. The summed E-state index contributed by atoms with van der Waals surface area (Å²) in [6.07, 6.45) is 8.72. The minimum absolute atomic E-state index is 1.12. The van der Waals surface area contributed by atoms with Gasteiger partial charge >= 0.3 is 0 Å². The quantitative estimate of drug-likeness (QED) is 0.540. The van der Waals surface area contributed by atoms with Crippen LogP contribution in [-0.4, -0.2) is 0 Å². The third-order valence-corrected chi connectivity index (χ3v) is 2.02. The molecule has 0 saturated carbocycles. The molecule has 0 N–H and O–H groups in total. The van der Waals surface area contributed by atoms with E-state index < -0.39 is 0 Å². The molecule has 0 aromatic heterocycles. The molecule has 0 bridgehead atoms. The van der Waals surface area contributed by atoms with Crippen LogP contribution in [-0.2, 0) is 0 Å². The summed E-state index contributed by atoms with van der Waals surface area (Å²) >= 11 is 0. The van der Waals surface area contributed by atoms with Gasteiger partial charge in [0.25, 0.3) is 0 Å². The predicted molar refractivity (Wildman–Crippen MR) is 71.0 cm³/mol. The molecule has 0 heteroatoms. The fourth-order valence-corrected chi connectivity index (χ4v) is 1.51. The zero-order valence-electron chi connectivity index (χ0n) is 10.9. The van der Waals surface area contributed by atoms with Crippen molar-refractivity contribution in [1.82, 2.24) is 0 Å². The summed E-state index contributed by atoms with van der Waals surface area (Å²) in [5.41, 5.74) is 5.33. The van der Waals surface area contributed by atoms with E-state index in [0.29, 0.717) is 0 Å². The van der Waals surface area contributed by atoms with E-state index >= 15 is 0 Å². The van der Waals surface area contributed by atoms with Gasteiger partial charge in [-0.3, -0.25) is 0 Å². The highest BCUT2D eigenvalue weighted by molar-refractivity contribution is 5.41. The maximum absolute atomic E-state index is 3.89. The molecule has 0 saturated heterocycles.